The zero-order valence-electron chi connectivity index (χ0n) is 11.0. The van der Waals surface area contributed by atoms with E-state index in [1.165, 1.54) is 5.56 Å². The van der Waals surface area contributed by atoms with Crippen molar-refractivity contribution in [3.05, 3.63) is 48.0 Å². The molecule has 2 aromatic rings. The molecule has 3 nitrogen and oxygen atoms in total. The van der Waals surface area contributed by atoms with E-state index in [1.54, 1.807) is 7.11 Å². The molecule has 0 bridgehead atoms. The third kappa shape index (κ3) is 2.25. The summed E-state index contributed by atoms with van der Waals surface area (Å²) in [4.78, 5) is 2.04. The van der Waals surface area contributed by atoms with Gasteiger partial charge < -0.3 is 15.4 Å². The summed E-state index contributed by atoms with van der Waals surface area (Å²) in [5.41, 5.74) is 9.96. The van der Waals surface area contributed by atoms with Crippen LogP contribution in [-0.4, -0.2) is 14.2 Å². The number of para-hydroxylation sites is 2. The van der Waals surface area contributed by atoms with E-state index in [0.29, 0.717) is 0 Å². The smallest absolute Gasteiger partial charge is 0.142 e. The van der Waals surface area contributed by atoms with E-state index < -0.39 is 0 Å². The minimum absolute atomic E-state index is 0.758. The average Bonchev–Trinajstić information content (AvgIpc) is 2.40. The Morgan fingerprint density at radius 2 is 1.78 bits per heavy atom. The van der Waals surface area contributed by atoms with Crippen molar-refractivity contribution in [1.29, 1.82) is 0 Å². The molecule has 94 valence electrons. The van der Waals surface area contributed by atoms with Crippen LogP contribution in [0, 0.1) is 6.92 Å². The summed E-state index contributed by atoms with van der Waals surface area (Å²) in [6.07, 6.45) is 0. The van der Waals surface area contributed by atoms with Gasteiger partial charge in [0, 0.05) is 7.05 Å². The van der Waals surface area contributed by atoms with Crippen LogP contribution in [0.2, 0.25) is 0 Å². The molecule has 0 aliphatic heterocycles. The molecule has 0 fully saturated rings. The van der Waals surface area contributed by atoms with Crippen molar-refractivity contribution in [3.63, 3.8) is 0 Å². The van der Waals surface area contributed by atoms with Gasteiger partial charge in [-0.15, -0.1) is 0 Å². The molecule has 2 rings (SSSR count). The summed E-state index contributed by atoms with van der Waals surface area (Å²) in [6, 6.07) is 13.9. The maximum atomic E-state index is 6.04. The van der Waals surface area contributed by atoms with E-state index in [1.807, 2.05) is 48.3 Å². The fourth-order valence-electron chi connectivity index (χ4n) is 1.98. The first kappa shape index (κ1) is 12.3. The molecule has 0 saturated carbocycles. The highest BCUT2D eigenvalue weighted by Gasteiger charge is 2.11. The van der Waals surface area contributed by atoms with Crippen molar-refractivity contribution in [3.8, 4) is 5.75 Å². The molecule has 0 spiro atoms. The fourth-order valence-corrected chi connectivity index (χ4v) is 1.98. The number of methoxy groups -OCH3 is 1. The number of rotatable bonds is 3. The molecule has 3 heteroatoms. The Morgan fingerprint density at radius 3 is 2.50 bits per heavy atom. The van der Waals surface area contributed by atoms with Crippen molar-refractivity contribution in [1.82, 2.24) is 0 Å². The average molecular weight is 242 g/mol. The number of anilines is 3. The Morgan fingerprint density at radius 1 is 1.06 bits per heavy atom. The lowest BCUT2D eigenvalue weighted by Gasteiger charge is -2.23. The van der Waals surface area contributed by atoms with Crippen LogP contribution in [0.25, 0.3) is 0 Å². The van der Waals surface area contributed by atoms with E-state index in [0.717, 1.165) is 22.8 Å². The van der Waals surface area contributed by atoms with Crippen LogP contribution in [0.3, 0.4) is 0 Å². The standard InChI is InChI=1S/C15H18N2O/c1-11-8-9-12(16)14(10-11)17(2)13-6-4-5-7-15(13)18-3/h4-10H,16H2,1-3H3. The molecule has 0 aliphatic carbocycles. The highest BCUT2D eigenvalue weighted by atomic mass is 16.5. The van der Waals surface area contributed by atoms with Gasteiger partial charge in [-0.3, -0.25) is 0 Å². The molecule has 2 aromatic carbocycles. The first-order valence-corrected chi connectivity index (χ1v) is 5.86. The number of nitrogen functional groups attached to an aromatic ring is 1. The van der Waals surface area contributed by atoms with Crippen molar-refractivity contribution >= 4 is 17.1 Å². The van der Waals surface area contributed by atoms with Gasteiger partial charge in [-0.1, -0.05) is 18.2 Å². The highest BCUT2D eigenvalue weighted by molar-refractivity contribution is 5.77. The van der Waals surface area contributed by atoms with Crippen LogP contribution in [0.15, 0.2) is 42.5 Å². The van der Waals surface area contributed by atoms with E-state index in [4.69, 9.17) is 10.5 Å². The van der Waals surface area contributed by atoms with E-state index in [2.05, 4.69) is 13.0 Å². The Labute approximate surface area is 108 Å². The third-order valence-electron chi connectivity index (χ3n) is 2.99. The lowest BCUT2D eigenvalue weighted by atomic mass is 10.1. The van der Waals surface area contributed by atoms with E-state index >= 15 is 0 Å². The molecule has 0 aromatic heterocycles. The Bertz CT molecular complexity index is 552. The zero-order chi connectivity index (χ0) is 13.1. The SMILES string of the molecule is COc1ccccc1N(C)c1cc(C)ccc1N. The first-order valence-electron chi connectivity index (χ1n) is 5.86. The molecule has 0 atom stereocenters. The molecular weight excluding hydrogens is 224 g/mol. The molecule has 2 N–H and O–H groups in total. The highest BCUT2D eigenvalue weighted by Crippen LogP contribution is 2.35. The lowest BCUT2D eigenvalue weighted by molar-refractivity contribution is 0.415. The number of benzene rings is 2. The van der Waals surface area contributed by atoms with Crippen LogP contribution in [0.4, 0.5) is 17.1 Å². The topological polar surface area (TPSA) is 38.5 Å². The molecule has 0 radical (unpaired) electrons. The monoisotopic (exact) mass is 242 g/mol. The van der Waals surface area contributed by atoms with Crippen LogP contribution in [0.5, 0.6) is 5.75 Å². The number of hydrogen-bond donors (Lipinski definition) is 1. The summed E-state index contributed by atoms with van der Waals surface area (Å²) in [5, 5.41) is 0. The Kier molecular flexibility index (Phi) is 3.42. The summed E-state index contributed by atoms with van der Waals surface area (Å²) in [6.45, 7) is 2.05. The van der Waals surface area contributed by atoms with Crippen LogP contribution < -0.4 is 15.4 Å². The number of aryl methyl sites for hydroxylation is 1. The zero-order valence-corrected chi connectivity index (χ0v) is 11.0. The minimum Gasteiger partial charge on any atom is -0.495 e. The lowest BCUT2D eigenvalue weighted by Crippen LogP contribution is -2.12. The second-order valence-electron chi connectivity index (χ2n) is 4.29. The molecule has 0 heterocycles. The predicted molar refractivity (Wildman–Crippen MR) is 76.6 cm³/mol. The second kappa shape index (κ2) is 5.00. The largest absolute Gasteiger partial charge is 0.495 e. The van der Waals surface area contributed by atoms with Gasteiger partial charge in [0.25, 0.3) is 0 Å². The third-order valence-corrected chi connectivity index (χ3v) is 2.99. The van der Waals surface area contributed by atoms with Gasteiger partial charge >= 0.3 is 0 Å². The summed E-state index contributed by atoms with van der Waals surface area (Å²) in [7, 11) is 3.66. The van der Waals surface area contributed by atoms with Crippen molar-refractivity contribution in [2.24, 2.45) is 0 Å². The van der Waals surface area contributed by atoms with Gasteiger partial charge in [0.1, 0.15) is 5.75 Å². The van der Waals surface area contributed by atoms with Gasteiger partial charge in [0.15, 0.2) is 0 Å². The first-order chi connectivity index (χ1) is 8.63. The number of ether oxygens (including phenoxy) is 1. The number of nitrogens with zero attached hydrogens (tertiary/aromatic N) is 1. The maximum absolute atomic E-state index is 6.04. The molecule has 0 saturated heterocycles. The van der Waals surface area contributed by atoms with E-state index in [9.17, 15) is 0 Å². The van der Waals surface area contributed by atoms with Gasteiger partial charge in [-0.2, -0.15) is 0 Å². The molecule has 0 unspecified atom stereocenters. The van der Waals surface area contributed by atoms with Crippen LogP contribution in [-0.2, 0) is 0 Å². The summed E-state index contributed by atoms with van der Waals surface area (Å²) >= 11 is 0. The van der Waals surface area contributed by atoms with Gasteiger partial charge in [-0.25, -0.2) is 0 Å². The number of hydrogen-bond acceptors (Lipinski definition) is 3. The van der Waals surface area contributed by atoms with E-state index in [-0.39, 0.29) is 0 Å². The van der Waals surface area contributed by atoms with Gasteiger partial charge in [-0.05, 0) is 36.8 Å². The van der Waals surface area contributed by atoms with Crippen LogP contribution in [0.1, 0.15) is 5.56 Å². The summed E-state index contributed by atoms with van der Waals surface area (Å²) < 4.78 is 5.38. The van der Waals surface area contributed by atoms with Crippen molar-refractivity contribution in [2.45, 2.75) is 6.92 Å². The number of nitrogens with two attached hydrogens (primary N) is 1. The Hall–Kier alpha value is -2.16. The van der Waals surface area contributed by atoms with Gasteiger partial charge in [0.05, 0.1) is 24.2 Å². The van der Waals surface area contributed by atoms with Crippen LogP contribution >= 0.6 is 0 Å². The second-order valence-corrected chi connectivity index (χ2v) is 4.29. The normalized spacial score (nSPS) is 10.2. The predicted octanol–water partition coefficient (Wildman–Crippen LogP) is 3.35. The Balaban J connectivity index is 2.47. The molecule has 0 amide bonds. The summed E-state index contributed by atoms with van der Waals surface area (Å²) in [5.74, 6) is 0.834. The fraction of sp³-hybridized carbons (Fsp3) is 0.200. The van der Waals surface area contributed by atoms with Crippen molar-refractivity contribution in [2.75, 3.05) is 24.8 Å². The van der Waals surface area contributed by atoms with Gasteiger partial charge in [0.2, 0.25) is 0 Å². The quantitative estimate of drug-likeness (QED) is 0.839. The van der Waals surface area contributed by atoms with Crippen molar-refractivity contribution < 1.29 is 4.74 Å². The molecule has 18 heavy (non-hydrogen) atoms. The molecule has 0 aliphatic rings. The molecular formula is C15H18N2O. The minimum atomic E-state index is 0.758. The maximum Gasteiger partial charge on any atom is 0.142 e.